The SMILES string of the molecule is CCCN(C(C)C)C1Cc2c(-c3ccccc3)cccc2S(=O)C1. The van der Waals surface area contributed by atoms with Crippen LogP contribution >= 0.6 is 0 Å². The lowest BCUT2D eigenvalue weighted by Crippen LogP contribution is -2.47. The molecular weight excluding hydrogens is 314 g/mol. The van der Waals surface area contributed by atoms with Crippen LogP contribution in [0.4, 0.5) is 0 Å². The van der Waals surface area contributed by atoms with Gasteiger partial charge in [-0.05, 0) is 56.0 Å². The normalized spacial score (nSPS) is 20.4. The minimum atomic E-state index is -0.912. The van der Waals surface area contributed by atoms with E-state index in [1.54, 1.807) is 0 Å². The molecule has 3 rings (SSSR count). The summed E-state index contributed by atoms with van der Waals surface area (Å²) in [5, 5.41) is 0. The molecular formula is C21H27NOS. The third-order valence-corrected chi connectivity index (χ3v) is 6.42. The molecule has 24 heavy (non-hydrogen) atoms. The maximum Gasteiger partial charge on any atom is 0.0548 e. The fraction of sp³-hybridized carbons (Fsp3) is 0.429. The van der Waals surface area contributed by atoms with Crippen LogP contribution in [0.15, 0.2) is 53.4 Å². The van der Waals surface area contributed by atoms with Crippen molar-refractivity contribution in [2.45, 2.75) is 50.6 Å². The standard InChI is InChI=1S/C21H27NOS/c1-4-13-22(16(2)3)18-14-20-19(17-9-6-5-7-10-17)11-8-12-21(20)24(23)15-18/h5-12,16,18H,4,13-15H2,1-3H3. The van der Waals surface area contributed by atoms with Gasteiger partial charge < -0.3 is 0 Å². The molecule has 128 valence electrons. The lowest BCUT2D eigenvalue weighted by molar-refractivity contribution is 0.164. The molecule has 2 nitrogen and oxygen atoms in total. The Kier molecular flexibility index (Phi) is 5.52. The number of hydrogen-bond acceptors (Lipinski definition) is 2. The van der Waals surface area contributed by atoms with Crippen LogP contribution < -0.4 is 0 Å². The fourth-order valence-corrected chi connectivity index (χ4v) is 5.31. The molecule has 1 aliphatic heterocycles. The number of nitrogens with zero attached hydrogens (tertiary/aromatic N) is 1. The quantitative estimate of drug-likeness (QED) is 0.798. The van der Waals surface area contributed by atoms with E-state index in [4.69, 9.17) is 0 Å². The lowest BCUT2D eigenvalue weighted by atomic mass is 9.94. The zero-order valence-electron chi connectivity index (χ0n) is 14.9. The van der Waals surface area contributed by atoms with Crippen LogP contribution in [0, 0.1) is 0 Å². The number of fused-ring (bicyclic) bond motifs is 1. The monoisotopic (exact) mass is 341 g/mol. The Hall–Kier alpha value is -1.45. The topological polar surface area (TPSA) is 20.3 Å². The van der Waals surface area contributed by atoms with Crippen LogP contribution in [0.3, 0.4) is 0 Å². The summed E-state index contributed by atoms with van der Waals surface area (Å²) in [6.07, 6.45) is 2.12. The molecule has 0 saturated heterocycles. The highest BCUT2D eigenvalue weighted by molar-refractivity contribution is 7.85. The van der Waals surface area contributed by atoms with Crippen LogP contribution in [-0.2, 0) is 17.2 Å². The Morgan fingerprint density at radius 3 is 2.54 bits per heavy atom. The molecule has 0 saturated carbocycles. The minimum Gasteiger partial charge on any atom is -0.297 e. The average molecular weight is 342 g/mol. The molecule has 1 aliphatic rings. The molecule has 0 bridgehead atoms. The summed E-state index contributed by atoms with van der Waals surface area (Å²) in [6.45, 7) is 7.79. The lowest BCUT2D eigenvalue weighted by Gasteiger charge is -2.38. The van der Waals surface area contributed by atoms with Crippen molar-refractivity contribution in [3.8, 4) is 11.1 Å². The number of hydrogen-bond donors (Lipinski definition) is 0. The first kappa shape index (κ1) is 17.4. The summed E-state index contributed by atoms with van der Waals surface area (Å²) in [4.78, 5) is 3.57. The molecule has 0 spiro atoms. The largest absolute Gasteiger partial charge is 0.297 e. The highest BCUT2D eigenvalue weighted by Gasteiger charge is 2.31. The summed E-state index contributed by atoms with van der Waals surface area (Å²) < 4.78 is 12.9. The van der Waals surface area contributed by atoms with Gasteiger partial charge in [-0.25, -0.2) is 0 Å². The highest BCUT2D eigenvalue weighted by atomic mass is 32.2. The molecule has 0 amide bonds. The van der Waals surface area contributed by atoms with Crippen molar-refractivity contribution < 1.29 is 4.21 Å². The summed E-state index contributed by atoms with van der Waals surface area (Å²) in [7, 11) is -0.912. The molecule has 2 aromatic rings. The molecule has 0 aliphatic carbocycles. The Bertz CT molecular complexity index is 711. The summed E-state index contributed by atoms with van der Waals surface area (Å²) in [5.74, 6) is 0.753. The van der Waals surface area contributed by atoms with Crippen LogP contribution in [0.2, 0.25) is 0 Å². The van der Waals surface area contributed by atoms with Gasteiger partial charge in [-0.3, -0.25) is 9.11 Å². The van der Waals surface area contributed by atoms with Gasteiger partial charge in [-0.15, -0.1) is 0 Å². The zero-order valence-corrected chi connectivity index (χ0v) is 15.7. The molecule has 1 heterocycles. The third kappa shape index (κ3) is 3.47. The summed E-state index contributed by atoms with van der Waals surface area (Å²) in [5.41, 5.74) is 3.74. The fourth-order valence-electron chi connectivity index (χ4n) is 3.77. The van der Waals surface area contributed by atoms with Crippen molar-refractivity contribution in [2.75, 3.05) is 12.3 Å². The van der Waals surface area contributed by atoms with E-state index in [0.29, 0.717) is 12.1 Å². The van der Waals surface area contributed by atoms with Crippen molar-refractivity contribution in [1.29, 1.82) is 0 Å². The maximum absolute atomic E-state index is 12.9. The Balaban J connectivity index is 2.01. The van der Waals surface area contributed by atoms with Gasteiger partial charge in [0, 0.05) is 22.7 Å². The molecule has 2 atom stereocenters. The first-order valence-electron chi connectivity index (χ1n) is 8.93. The Labute approximate surface area is 148 Å². The van der Waals surface area contributed by atoms with E-state index in [1.807, 2.05) is 18.2 Å². The smallest absolute Gasteiger partial charge is 0.0548 e. The molecule has 2 aromatic carbocycles. The van der Waals surface area contributed by atoms with Crippen LogP contribution in [0.1, 0.15) is 32.8 Å². The first-order chi connectivity index (χ1) is 11.6. The van der Waals surface area contributed by atoms with Gasteiger partial charge in [0.05, 0.1) is 10.8 Å². The van der Waals surface area contributed by atoms with E-state index in [1.165, 1.54) is 16.7 Å². The molecule has 0 fully saturated rings. The van der Waals surface area contributed by atoms with Crippen molar-refractivity contribution >= 4 is 10.8 Å². The van der Waals surface area contributed by atoms with Crippen LogP contribution in [0.25, 0.3) is 11.1 Å². The van der Waals surface area contributed by atoms with Gasteiger partial charge in [0.1, 0.15) is 0 Å². The first-order valence-corrected chi connectivity index (χ1v) is 10.2. The van der Waals surface area contributed by atoms with Crippen molar-refractivity contribution in [1.82, 2.24) is 4.90 Å². The predicted octanol–water partition coefficient (Wildman–Crippen LogP) is 4.51. The van der Waals surface area contributed by atoms with Gasteiger partial charge in [-0.2, -0.15) is 0 Å². The zero-order chi connectivity index (χ0) is 17.1. The molecule has 2 unspecified atom stereocenters. The third-order valence-electron chi connectivity index (χ3n) is 4.86. The second-order valence-corrected chi connectivity index (χ2v) is 8.31. The van der Waals surface area contributed by atoms with E-state index in [0.717, 1.165) is 30.0 Å². The van der Waals surface area contributed by atoms with E-state index in [-0.39, 0.29) is 0 Å². The summed E-state index contributed by atoms with van der Waals surface area (Å²) >= 11 is 0. The number of rotatable bonds is 5. The van der Waals surface area contributed by atoms with Crippen LogP contribution in [-0.4, -0.2) is 33.5 Å². The van der Waals surface area contributed by atoms with Gasteiger partial charge in [-0.1, -0.05) is 49.4 Å². The second-order valence-electron chi connectivity index (χ2n) is 6.85. The van der Waals surface area contributed by atoms with Gasteiger partial charge in [0.25, 0.3) is 0 Å². The van der Waals surface area contributed by atoms with E-state index in [9.17, 15) is 4.21 Å². The Morgan fingerprint density at radius 2 is 1.88 bits per heavy atom. The Morgan fingerprint density at radius 1 is 1.12 bits per heavy atom. The maximum atomic E-state index is 12.9. The molecule has 0 N–H and O–H groups in total. The van der Waals surface area contributed by atoms with Crippen molar-refractivity contribution in [3.63, 3.8) is 0 Å². The molecule has 3 heteroatoms. The molecule has 0 aromatic heterocycles. The highest BCUT2D eigenvalue weighted by Crippen LogP contribution is 2.34. The van der Waals surface area contributed by atoms with Crippen molar-refractivity contribution in [3.05, 3.63) is 54.1 Å². The minimum absolute atomic E-state index is 0.364. The van der Waals surface area contributed by atoms with Gasteiger partial charge >= 0.3 is 0 Å². The van der Waals surface area contributed by atoms with Gasteiger partial charge in [0.2, 0.25) is 0 Å². The summed E-state index contributed by atoms with van der Waals surface area (Å²) in [6, 6.07) is 17.6. The second kappa shape index (κ2) is 7.62. The van der Waals surface area contributed by atoms with E-state index in [2.05, 4.69) is 56.0 Å². The average Bonchev–Trinajstić information content (AvgIpc) is 2.59. The van der Waals surface area contributed by atoms with E-state index >= 15 is 0 Å². The van der Waals surface area contributed by atoms with Gasteiger partial charge in [0.15, 0.2) is 0 Å². The number of benzene rings is 2. The van der Waals surface area contributed by atoms with E-state index < -0.39 is 10.8 Å². The predicted molar refractivity (Wildman–Crippen MR) is 103 cm³/mol. The molecule has 0 radical (unpaired) electrons. The van der Waals surface area contributed by atoms with Crippen molar-refractivity contribution in [2.24, 2.45) is 0 Å². The van der Waals surface area contributed by atoms with Crippen LogP contribution in [0.5, 0.6) is 0 Å².